The Morgan fingerprint density at radius 2 is 2.00 bits per heavy atom. The molecule has 0 saturated carbocycles. The lowest BCUT2D eigenvalue weighted by Crippen LogP contribution is -2.42. The van der Waals surface area contributed by atoms with Gasteiger partial charge in [-0.05, 0) is 35.8 Å². The Morgan fingerprint density at radius 3 is 2.71 bits per heavy atom. The number of imidazole rings is 1. The summed E-state index contributed by atoms with van der Waals surface area (Å²) in [5.41, 5.74) is 3.61. The van der Waals surface area contributed by atoms with Crippen LogP contribution in [0.15, 0.2) is 59.3 Å². The summed E-state index contributed by atoms with van der Waals surface area (Å²) < 4.78 is 29.5. The van der Waals surface area contributed by atoms with Crippen molar-refractivity contribution in [2.24, 2.45) is 0 Å². The Bertz CT molecular complexity index is 1430. The quantitative estimate of drug-likeness (QED) is 0.288. The van der Waals surface area contributed by atoms with Gasteiger partial charge in [0.2, 0.25) is 5.82 Å². The number of carbonyl (C=O) groups is 1. The lowest BCUT2D eigenvalue weighted by atomic mass is 9.95. The van der Waals surface area contributed by atoms with Gasteiger partial charge in [-0.15, -0.1) is 0 Å². The summed E-state index contributed by atoms with van der Waals surface area (Å²) in [5.74, 6) is -1.52. The van der Waals surface area contributed by atoms with E-state index in [-0.39, 0.29) is 16.9 Å². The summed E-state index contributed by atoms with van der Waals surface area (Å²) in [6.07, 6.45) is 2.92. The van der Waals surface area contributed by atoms with E-state index in [0.29, 0.717) is 17.6 Å². The molecule has 5 rings (SSSR count). The molecule has 8 heteroatoms. The van der Waals surface area contributed by atoms with Crippen molar-refractivity contribution in [1.82, 2.24) is 9.55 Å². The van der Waals surface area contributed by atoms with Crippen LogP contribution in [0.25, 0.3) is 22.2 Å². The third kappa shape index (κ3) is 3.90. The maximum Gasteiger partial charge on any atom is 0.372 e. The van der Waals surface area contributed by atoms with Crippen LogP contribution in [0, 0.1) is 5.82 Å². The minimum atomic E-state index is -2.33. The molecule has 0 aliphatic carbocycles. The van der Waals surface area contributed by atoms with E-state index in [4.69, 9.17) is 8.84 Å². The second kappa shape index (κ2) is 8.17. The summed E-state index contributed by atoms with van der Waals surface area (Å²) in [5, 5.41) is 10.5. The van der Waals surface area contributed by atoms with Crippen molar-refractivity contribution in [3.8, 4) is 11.3 Å². The van der Waals surface area contributed by atoms with Gasteiger partial charge in [0.25, 0.3) is 0 Å². The summed E-state index contributed by atoms with van der Waals surface area (Å²) in [4.78, 5) is 16.2. The van der Waals surface area contributed by atoms with E-state index in [1.807, 2.05) is 30.3 Å². The molecule has 1 aliphatic heterocycles. The van der Waals surface area contributed by atoms with Gasteiger partial charge in [-0.2, -0.15) is 0 Å². The molecule has 0 radical (unpaired) electrons. The Balaban J connectivity index is 1.65. The molecule has 0 saturated heterocycles. The topological polar surface area (TPSA) is 77.5 Å². The van der Waals surface area contributed by atoms with Crippen LogP contribution >= 0.6 is 0 Å². The number of hydrogen-bond donors (Lipinski definition) is 1. The number of halogens is 1. The molecule has 1 N–H and O–H groups in total. The van der Waals surface area contributed by atoms with Gasteiger partial charge in [-0.1, -0.05) is 45.0 Å². The number of fused-ring (bicyclic) bond motifs is 4. The van der Waals surface area contributed by atoms with Crippen LogP contribution < -0.4 is 0 Å². The van der Waals surface area contributed by atoms with Gasteiger partial charge in [0.15, 0.2) is 8.32 Å². The zero-order valence-electron chi connectivity index (χ0n) is 20.5. The van der Waals surface area contributed by atoms with Gasteiger partial charge < -0.3 is 18.5 Å². The molecule has 2 aromatic carbocycles. The molecular formula is C27H29FN2O4Si. The van der Waals surface area contributed by atoms with E-state index in [1.165, 1.54) is 6.07 Å². The van der Waals surface area contributed by atoms with E-state index in [1.54, 1.807) is 23.1 Å². The minimum absolute atomic E-state index is 0.0296. The average Bonchev–Trinajstić information content (AvgIpc) is 3.47. The number of furan rings is 1. The van der Waals surface area contributed by atoms with Gasteiger partial charge >= 0.3 is 5.97 Å². The van der Waals surface area contributed by atoms with Crippen molar-refractivity contribution in [2.45, 2.75) is 57.5 Å². The van der Waals surface area contributed by atoms with E-state index in [0.717, 1.165) is 22.2 Å². The Morgan fingerprint density at radius 1 is 1.26 bits per heavy atom. The van der Waals surface area contributed by atoms with Gasteiger partial charge in [-0.3, -0.25) is 0 Å². The number of aromatic carboxylic acids is 1. The van der Waals surface area contributed by atoms with Gasteiger partial charge in [-0.25, -0.2) is 14.2 Å². The van der Waals surface area contributed by atoms with Crippen LogP contribution in [0.5, 0.6) is 0 Å². The maximum atomic E-state index is 15.5. The SMILES string of the molecule is CC(C)(C)[Si](C)(C)OC(CC1c2ccccc2-c2cnc(C(=O)O)n21)c1cc2ccoc2cc1F. The predicted octanol–water partition coefficient (Wildman–Crippen LogP) is 7.19. The minimum Gasteiger partial charge on any atom is -0.475 e. The fraction of sp³-hybridized carbons (Fsp3) is 0.333. The number of carboxylic acid groups (broad SMARTS) is 1. The van der Waals surface area contributed by atoms with Crippen LogP contribution in [-0.2, 0) is 4.43 Å². The van der Waals surface area contributed by atoms with Crippen molar-refractivity contribution >= 4 is 25.3 Å². The number of benzene rings is 2. The highest BCUT2D eigenvalue weighted by Gasteiger charge is 2.42. The Labute approximate surface area is 204 Å². The van der Waals surface area contributed by atoms with E-state index in [2.05, 4.69) is 38.8 Å². The maximum absolute atomic E-state index is 15.5. The number of nitrogens with zero attached hydrogens (tertiary/aromatic N) is 2. The number of hydrogen-bond acceptors (Lipinski definition) is 4. The fourth-order valence-corrected chi connectivity index (χ4v) is 5.94. The zero-order chi connectivity index (χ0) is 25.1. The monoisotopic (exact) mass is 492 g/mol. The van der Waals surface area contributed by atoms with Crippen molar-refractivity contribution in [3.05, 3.63) is 77.7 Å². The van der Waals surface area contributed by atoms with E-state index < -0.39 is 26.2 Å². The van der Waals surface area contributed by atoms with Crippen molar-refractivity contribution in [1.29, 1.82) is 0 Å². The highest BCUT2D eigenvalue weighted by atomic mass is 28.4. The first-order valence-electron chi connectivity index (χ1n) is 11.7. The third-order valence-electron chi connectivity index (χ3n) is 7.49. The second-order valence-corrected chi connectivity index (χ2v) is 15.4. The number of rotatable bonds is 6. The first-order valence-corrected chi connectivity index (χ1v) is 14.6. The number of carboxylic acids is 1. The van der Waals surface area contributed by atoms with Crippen molar-refractivity contribution in [2.75, 3.05) is 0 Å². The van der Waals surface area contributed by atoms with Crippen molar-refractivity contribution in [3.63, 3.8) is 0 Å². The largest absolute Gasteiger partial charge is 0.475 e. The molecular weight excluding hydrogens is 463 g/mol. The summed E-state index contributed by atoms with van der Waals surface area (Å²) in [7, 11) is -2.33. The standard InChI is InChI=1S/C27H29FN2O4Si/c1-27(2,3)35(4,5)34-24(19-12-16-10-11-33-23(16)13-20(19)28)14-21-17-8-6-7-9-18(17)22-15-29-25(26(31)32)30(21)22/h6-13,15,21,24H,14H2,1-5H3,(H,31,32). The summed E-state index contributed by atoms with van der Waals surface area (Å²) in [6, 6.07) is 12.5. The lowest BCUT2D eigenvalue weighted by Gasteiger charge is -2.40. The van der Waals surface area contributed by atoms with Crippen LogP contribution in [0.3, 0.4) is 0 Å². The van der Waals surface area contributed by atoms with Crippen LogP contribution in [0.4, 0.5) is 4.39 Å². The van der Waals surface area contributed by atoms with Crippen LogP contribution in [-0.4, -0.2) is 28.9 Å². The van der Waals surface area contributed by atoms with Gasteiger partial charge in [0.1, 0.15) is 11.4 Å². The predicted molar refractivity (Wildman–Crippen MR) is 135 cm³/mol. The molecule has 182 valence electrons. The molecule has 0 bridgehead atoms. The molecule has 6 nitrogen and oxygen atoms in total. The summed E-state index contributed by atoms with van der Waals surface area (Å²) >= 11 is 0. The molecule has 4 aromatic rings. The first kappa shape index (κ1) is 23.5. The molecule has 2 atom stereocenters. The zero-order valence-corrected chi connectivity index (χ0v) is 21.5. The number of aromatic nitrogens is 2. The lowest BCUT2D eigenvalue weighted by molar-refractivity contribution is 0.0674. The molecule has 0 fully saturated rings. The van der Waals surface area contributed by atoms with Crippen LogP contribution in [0.2, 0.25) is 18.1 Å². The van der Waals surface area contributed by atoms with Gasteiger partial charge in [0.05, 0.1) is 30.3 Å². The van der Waals surface area contributed by atoms with Crippen LogP contribution in [0.1, 0.15) is 61.1 Å². The molecule has 35 heavy (non-hydrogen) atoms. The average molecular weight is 493 g/mol. The normalized spacial score (nSPS) is 16.3. The highest BCUT2D eigenvalue weighted by molar-refractivity contribution is 6.74. The first-order chi connectivity index (χ1) is 16.5. The molecule has 2 aromatic heterocycles. The molecule has 1 aliphatic rings. The highest BCUT2D eigenvalue weighted by Crippen LogP contribution is 2.48. The third-order valence-corrected chi connectivity index (χ3v) is 12.0. The smallest absolute Gasteiger partial charge is 0.372 e. The molecule has 3 heterocycles. The Kier molecular flexibility index (Phi) is 5.49. The fourth-order valence-electron chi connectivity index (χ4n) is 4.65. The second-order valence-electron chi connectivity index (χ2n) is 10.7. The van der Waals surface area contributed by atoms with Gasteiger partial charge in [0, 0.05) is 29.0 Å². The van der Waals surface area contributed by atoms with Crippen molar-refractivity contribution < 1.29 is 23.1 Å². The summed E-state index contributed by atoms with van der Waals surface area (Å²) in [6.45, 7) is 10.7. The molecule has 2 unspecified atom stereocenters. The molecule has 0 spiro atoms. The Hall–Kier alpha value is -3.23. The van der Waals surface area contributed by atoms with E-state index >= 15 is 4.39 Å². The van der Waals surface area contributed by atoms with E-state index in [9.17, 15) is 9.90 Å². The molecule has 0 amide bonds.